The highest BCUT2D eigenvalue weighted by molar-refractivity contribution is 6.31. The quantitative estimate of drug-likeness (QED) is 0.796. The number of piperidine rings is 1. The molecule has 1 aromatic heterocycles. The number of amides is 2. The number of nitrogens with one attached hydrogen (secondary N) is 1. The Morgan fingerprint density at radius 1 is 1.31 bits per heavy atom. The molecular weight excluding hydrogens is 401 g/mol. The number of carbonyl (C=O) groups excluding carboxylic acids is 2. The molecule has 1 aliphatic carbocycles. The normalized spacial score (nSPS) is 24.0. The third-order valence-corrected chi connectivity index (χ3v) is 6.46. The molecule has 5 rings (SSSR count). The second-order valence-corrected chi connectivity index (χ2v) is 8.23. The predicted octanol–water partition coefficient (Wildman–Crippen LogP) is 1.75. The maximum absolute atomic E-state index is 13.1. The number of hydrogen-bond donors (Lipinski definition) is 2. The van der Waals surface area contributed by atoms with Crippen LogP contribution in [-0.4, -0.2) is 39.0 Å². The van der Waals surface area contributed by atoms with E-state index in [4.69, 9.17) is 11.6 Å². The molecule has 7 nitrogen and oxygen atoms in total. The lowest BCUT2D eigenvalue weighted by molar-refractivity contribution is 0.0620. The minimum absolute atomic E-state index is 0.0149. The average molecular weight is 418 g/mol. The van der Waals surface area contributed by atoms with Crippen LogP contribution in [0.1, 0.15) is 32.8 Å². The summed E-state index contributed by atoms with van der Waals surface area (Å²) in [6.07, 6.45) is 2.42. The van der Waals surface area contributed by atoms with Crippen LogP contribution >= 0.6 is 11.6 Å². The van der Waals surface area contributed by atoms with Crippen LogP contribution in [-0.2, 0) is 13.1 Å². The highest BCUT2D eigenvalue weighted by Crippen LogP contribution is 2.51. The van der Waals surface area contributed by atoms with Gasteiger partial charge in [-0.15, -0.1) is 0 Å². The molecule has 3 aliphatic rings. The number of aromatic nitrogens is 1. The number of rotatable bonds is 3. The van der Waals surface area contributed by atoms with E-state index in [1.54, 1.807) is 4.90 Å². The minimum atomic E-state index is -0.893. The van der Waals surface area contributed by atoms with Crippen molar-refractivity contribution in [3.63, 3.8) is 0 Å². The van der Waals surface area contributed by atoms with Gasteiger partial charge >= 0.3 is 0 Å². The van der Waals surface area contributed by atoms with E-state index in [1.807, 2.05) is 0 Å². The summed E-state index contributed by atoms with van der Waals surface area (Å²) in [5.74, 6) is -1.32. The Morgan fingerprint density at radius 2 is 2.10 bits per heavy atom. The first kappa shape index (κ1) is 18.2. The van der Waals surface area contributed by atoms with E-state index in [0.29, 0.717) is 30.5 Å². The maximum atomic E-state index is 13.1. The fraction of sp³-hybridized carbons (Fsp3) is 0.350. The highest BCUT2D eigenvalue weighted by atomic mass is 35.5. The SMILES string of the molecule is O=C(NCc1ccc(F)cc1Cl)c1cn2c(c(O)c1=O)C(=O)N1C[C@H]3CC3[C@@H]1C2. The van der Waals surface area contributed by atoms with Gasteiger partial charge in [0, 0.05) is 30.9 Å². The third kappa shape index (κ3) is 2.81. The molecule has 2 fully saturated rings. The van der Waals surface area contributed by atoms with Gasteiger partial charge in [0.15, 0.2) is 11.4 Å². The number of hydrogen-bond acceptors (Lipinski definition) is 4. The molecule has 1 unspecified atom stereocenters. The van der Waals surface area contributed by atoms with Crippen LogP contribution in [0.3, 0.4) is 0 Å². The molecular formula is C20H17ClFN3O4. The Bertz CT molecular complexity index is 1130. The molecule has 0 bridgehead atoms. The van der Waals surface area contributed by atoms with Gasteiger partial charge in [-0.1, -0.05) is 17.7 Å². The zero-order chi connectivity index (χ0) is 20.4. The number of halogens is 2. The largest absolute Gasteiger partial charge is 0.503 e. The van der Waals surface area contributed by atoms with Gasteiger partial charge in [0.1, 0.15) is 11.4 Å². The fourth-order valence-corrected chi connectivity index (χ4v) is 4.73. The topological polar surface area (TPSA) is 91.6 Å². The Hall–Kier alpha value is -2.87. The molecule has 9 heteroatoms. The van der Waals surface area contributed by atoms with Crippen molar-refractivity contribution >= 4 is 23.4 Å². The van der Waals surface area contributed by atoms with Crippen molar-refractivity contribution in [1.29, 1.82) is 0 Å². The summed E-state index contributed by atoms with van der Waals surface area (Å²) < 4.78 is 14.7. The van der Waals surface area contributed by atoms with Gasteiger partial charge in [-0.3, -0.25) is 14.4 Å². The lowest BCUT2D eigenvalue weighted by Gasteiger charge is -2.34. The van der Waals surface area contributed by atoms with Crippen LogP contribution in [0.2, 0.25) is 5.02 Å². The number of pyridine rings is 1. The Balaban J connectivity index is 1.43. The van der Waals surface area contributed by atoms with Gasteiger partial charge in [0.2, 0.25) is 5.43 Å². The first-order valence-corrected chi connectivity index (χ1v) is 9.72. The monoisotopic (exact) mass is 417 g/mol. The molecule has 0 radical (unpaired) electrons. The molecule has 2 aromatic rings. The smallest absolute Gasteiger partial charge is 0.274 e. The summed E-state index contributed by atoms with van der Waals surface area (Å²) in [5, 5.41) is 13.1. The Labute approximate surface area is 169 Å². The second-order valence-electron chi connectivity index (χ2n) is 7.82. The van der Waals surface area contributed by atoms with Gasteiger partial charge < -0.3 is 19.9 Å². The number of carbonyl (C=O) groups is 2. The molecule has 1 aromatic carbocycles. The van der Waals surface area contributed by atoms with Gasteiger partial charge in [-0.2, -0.15) is 0 Å². The van der Waals surface area contributed by atoms with Crippen molar-refractivity contribution in [2.75, 3.05) is 6.54 Å². The molecule has 3 atom stereocenters. The summed E-state index contributed by atoms with van der Waals surface area (Å²) in [7, 11) is 0. The zero-order valence-electron chi connectivity index (χ0n) is 15.2. The van der Waals surface area contributed by atoms with E-state index < -0.39 is 22.9 Å². The highest BCUT2D eigenvalue weighted by Gasteiger charge is 2.56. The van der Waals surface area contributed by atoms with Gasteiger partial charge in [-0.05, 0) is 36.0 Å². The van der Waals surface area contributed by atoms with Crippen LogP contribution in [0.4, 0.5) is 4.39 Å². The van der Waals surface area contributed by atoms with Crippen molar-refractivity contribution in [1.82, 2.24) is 14.8 Å². The standard InChI is InChI=1S/C20H17ClFN3O4/c21-14-4-11(22)2-1-9(14)5-23-19(28)13-7-24-8-15-12-3-10(12)6-25(15)20(29)16(24)18(27)17(13)26/h1-2,4,7,10,12,15,27H,3,5-6,8H2,(H,23,28)/t10-,12?,15+/m1/s1. The summed E-state index contributed by atoms with van der Waals surface area (Å²) in [6, 6.07) is 3.83. The molecule has 150 valence electrons. The molecule has 1 saturated heterocycles. The lowest BCUT2D eigenvalue weighted by atomic mass is 10.1. The van der Waals surface area contributed by atoms with Crippen molar-refractivity contribution < 1.29 is 19.1 Å². The predicted molar refractivity (Wildman–Crippen MR) is 101 cm³/mol. The van der Waals surface area contributed by atoms with Crippen LogP contribution < -0.4 is 10.7 Å². The van der Waals surface area contributed by atoms with Crippen molar-refractivity contribution in [3.8, 4) is 5.75 Å². The van der Waals surface area contributed by atoms with Crippen LogP contribution in [0.25, 0.3) is 0 Å². The van der Waals surface area contributed by atoms with Gasteiger partial charge in [0.05, 0.1) is 6.04 Å². The zero-order valence-corrected chi connectivity index (χ0v) is 15.9. The van der Waals surface area contributed by atoms with E-state index in [-0.39, 0.29) is 34.8 Å². The molecule has 29 heavy (non-hydrogen) atoms. The number of aromatic hydroxyl groups is 1. The van der Waals surface area contributed by atoms with E-state index in [2.05, 4.69) is 5.32 Å². The van der Waals surface area contributed by atoms with E-state index in [9.17, 15) is 23.9 Å². The number of fused-ring (bicyclic) bond motifs is 4. The van der Waals surface area contributed by atoms with Crippen molar-refractivity contribution in [2.24, 2.45) is 11.8 Å². The summed E-state index contributed by atoms with van der Waals surface area (Å²) in [4.78, 5) is 39.6. The third-order valence-electron chi connectivity index (χ3n) is 6.11. The number of benzene rings is 1. The van der Waals surface area contributed by atoms with Gasteiger partial charge in [-0.25, -0.2) is 4.39 Å². The summed E-state index contributed by atoms with van der Waals surface area (Å²) in [6.45, 7) is 1.08. The van der Waals surface area contributed by atoms with E-state index in [0.717, 1.165) is 12.5 Å². The van der Waals surface area contributed by atoms with Crippen LogP contribution in [0, 0.1) is 17.7 Å². The van der Waals surface area contributed by atoms with E-state index in [1.165, 1.54) is 22.9 Å². The van der Waals surface area contributed by atoms with Crippen molar-refractivity contribution in [3.05, 3.63) is 62.3 Å². The Morgan fingerprint density at radius 3 is 2.86 bits per heavy atom. The molecule has 1 saturated carbocycles. The van der Waals surface area contributed by atoms with Crippen LogP contribution in [0.15, 0.2) is 29.2 Å². The minimum Gasteiger partial charge on any atom is -0.503 e. The molecule has 2 amide bonds. The van der Waals surface area contributed by atoms with Crippen molar-refractivity contribution in [2.45, 2.75) is 25.6 Å². The molecule has 2 N–H and O–H groups in total. The molecule has 0 spiro atoms. The average Bonchev–Trinajstić information content (AvgIpc) is 3.36. The molecule has 2 aliphatic heterocycles. The first-order valence-electron chi connectivity index (χ1n) is 9.34. The maximum Gasteiger partial charge on any atom is 0.274 e. The number of nitrogens with zero attached hydrogens (tertiary/aromatic N) is 2. The summed E-state index contributed by atoms with van der Waals surface area (Å²) in [5.41, 5.74) is -0.725. The molecule has 3 heterocycles. The second kappa shape index (κ2) is 6.32. The van der Waals surface area contributed by atoms with Crippen LogP contribution in [0.5, 0.6) is 5.75 Å². The fourth-order valence-electron chi connectivity index (χ4n) is 4.49. The summed E-state index contributed by atoms with van der Waals surface area (Å²) >= 11 is 5.96. The Kier molecular flexibility index (Phi) is 3.96. The van der Waals surface area contributed by atoms with E-state index >= 15 is 0 Å². The van der Waals surface area contributed by atoms with Gasteiger partial charge in [0.25, 0.3) is 11.8 Å². The first-order chi connectivity index (χ1) is 13.8. The lowest BCUT2D eigenvalue weighted by Crippen LogP contribution is -2.48.